The third-order valence-corrected chi connectivity index (χ3v) is 5.94. The molecule has 0 bridgehead atoms. The topological polar surface area (TPSA) is 54.8 Å². The van der Waals surface area contributed by atoms with E-state index in [2.05, 4.69) is 32.1 Å². The highest BCUT2D eigenvalue weighted by molar-refractivity contribution is 14.2. The minimum Gasteiger partial charge on any atom is -0.455 e. The SMILES string of the molecule is CC.Cc1ncccc1Oc1ccc(C(/C=N\N(C)PI)=C(\Cl)C=O)cc1. The molecule has 27 heavy (non-hydrogen) atoms. The van der Waals surface area contributed by atoms with Crippen LogP contribution in [0.4, 0.5) is 0 Å². The lowest BCUT2D eigenvalue weighted by Gasteiger charge is -2.10. The number of hydrogen-bond donors (Lipinski definition) is 0. The van der Waals surface area contributed by atoms with Gasteiger partial charge in [0.15, 0.2) is 6.29 Å². The van der Waals surface area contributed by atoms with Crippen LogP contribution in [0.15, 0.2) is 52.7 Å². The van der Waals surface area contributed by atoms with Crippen LogP contribution in [-0.2, 0) is 4.79 Å². The molecule has 144 valence electrons. The van der Waals surface area contributed by atoms with E-state index in [-0.39, 0.29) is 5.03 Å². The summed E-state index contributed by atoms with van der Waals surface area (Å²) in [5, 5.41) is 4.37. The van der Waals surface area contributed by atoms with Crippen molar-refractivity contribution in [1.82, 2.24) is 9.76 Å². The largest absolute Gasteiger partial charge is 0.455 e. The molecule has 0 aliphatic heterocycles. The minimum absolute atomic E-state index is 0.103. The van der Waals surface area contributed by atoms with Crippen molar-refractivity contribution in [3.63, 3.8) is 0 Å². The van der Waals surface area contributed by atoms with Crippen LogP contribution in [-0.4, -0.2) is 29.3 Å². The van der Waals surface area contributed by atoms with E-state index in [4.69, 9.17) is 16.3 Å². The van der Waals surface area contributed by atoms with Crippen LogP contribution in [0.5, 0.6) is 11.5 Å². The first-order valence-electron chi connectivity index (χ1n) is 8.24. The summed E-state index contributed by atoms with van der Waals surface area (Å²) in [6.07, 6.45) is 4.40. The number of aldehydes is 1. The Bertz CT molecular complexity index is 798. The second-order valence-electron chi connectivity index (χ2n) is 4.95. The molecule has 0 radical (unpaired) electrons. The Kier molecular flexibility index (Phi) is 11.2. The molecule has 0 amide bonds. The van der Waals surface area contributed by atoms with Crippen molar-refractivity contribution in [2.75, 3.05) is 7.05 Å². The van der Waals surface area contributed by atoms with Gasteiger partial charge in [-0.1, -0.05) is 37.6 Å². The van der Waals surface area contributed by atoms with Crippen LogP contribution in [0.1, 0.15) is 25.1 Å². The van der Waals surface area contributed by atoms with E-state index in [0.717, 1.165) is 11.3 Å². The number of hydrazone groups is 1. The number of carbonyl (C=O) groups is 1. The van der Waals surface area contributed by atoms with Crippen molar-refractivity contribution >= 4 is 58.1 Å². The zero-order chi connectivity index (χ0) is 20.2. The summed E-state index contributed by atoms with van der Waals surface area (Å²) in [5.41, 5.74) is 2.15. The number of nitrogens with zero attached hydrogens (tertiary/aromatic N) is 3. The van der Waals surface area contributed by atoms with Gasteiger partial charge >= 0.3 is 0 Å². The van der Waals surface area contributed by atoms with Crippen LogP contribution in [0.3, 0.4) is 0 Å². The highest BCUT2D eigenvalue weighted by Gasteiger charge is 2.07. The molecule has 1 atom stereocenters. The van der Waals surface area contributed by atoms with Crippen LogP contribution in [0, 0.1) is 6.92 Å². The van der Waals surface area contributed by atoms with E-state index < -0.39 is 0 Å². The second-order valence-corrected chi connectivity index (χ2v) is 7.62. The zero-order valence-electron chi connectivity index (χ0n) is 15.6. The molecule has 1 aromatic carbocycles. The van der Waals surface area contributed by atoms with Gasteiger partial charge in [-0.25, -0.2) is 0 Å². The summed E-state index contributed by atoms with van der Waals surface area (Å²) in [6, 6.07) is 11.0. The Hall–Kier alpha value is -1.50. The third kappa shape index (κ3) is 7.56. The zero-order valence-corrected chi connectivity index (χ0v) is 19.5. The van der Waals surface area contributed by atoms with E-state index >= 15 is 0 Å². The maximum absolute atomic E-state index is 11.1. The standard InChI is InChI=1S/C17H16ClIN3O2P.C2H6/c1-12-17(4-3-9-20-12)24-14-7-5-13(6-8-14)15(16(18)11-23)10-21-22(2)25-19;1-2/h3-11,25H,1-2H3;1-2H3/b16-15-,21-10-;. The number of ether oxygens (including phenoxy) is 1. The first-order chi connectivity index (χ1) is 13.0. The quantitative estimate of drug-likeness (QED) is 0.109. The van der Waals surface area contributed by atoms with Gasteiger partial charge in [-0.05, 0) is 58.8 Å². The molecular weight excluding hydrogens is 496 g/mol. The average molecular weight is 518 g/mol. The highest BCUT2D eigenvalue weighted by Crippen LogP contribution is 2.28. The van der Waals surface area contributed by atoms with Gasteiger partial charge in [-0.2, -0.15) is 5.10 Å². The number of allylic oxidation sites excluding steroid dienone is 2. The minimum atomic E-state index is 0.103. The first-order valence-corrected chi connectivity index (χ1v) is 12.7. The fourth-order valence-electron chi connectivity index (χ4n) is 1.91. The van der Waals surface area contributed by atoms with Crippen molar-refractivity contribution in [3.8, 4) is 11.5 Å². The Labute approximate surface area is 180 Å². The molecule has 0 aliphatic rings. The lowest BCUT2D eigenvalue weighted by atomic mass is 10.1. The van der Waals surface area contributed by atoms with Gasteiger partial charge < -0.3 is 4.74 Å². The fourth-order valence-corrected chi connectivity index (χ4v) is 2.54. The molecule has 5 nitrogen and oxygen atoms in total. The number of carbonyl (C=O) groups excluding carboxylic acids is 1. The maximum atomic E-state index is 11.1. The monoisotopic (exact) mass is 517 g/mol. The average Bonchev–Trinajstić information content (AvgIpc) is 2.72. The molecule has 1 unspecified atom stereocenters. The lowest BCUT2D eigenvalue weighted by Crippen LogP contribution is -1.98. The first kappa shape index (κ1) is 23.5. The number of hydrogen-bond acceptors (Lipinski definition) is 5. The van der Waals surface area contributed by atoms with E-state index in [1.54, 1.807) is 17.2 Å². The van der Waals surface area contributed by atoms with Crippen molar-refractivity contribution in [3.05, 3.63) is 58.9 Å². The molecule has 0 aliphatic carbocycles. The molecular formula is C19H22ClIN3O2P. The molecule has 0 saturated heterocycles. The molecule has 0 N–H and O–H groups in total. The van der Waals surface area contributed by atoms with E-state index in [9.17, 15) is 4.79 Å². The van der Waals surface area contributed by atoms with Gasteiger partial charge in [0.1, 0.15) is 11.5 Å². The van der Waals surface area contributed by atoms with E-state index in [1.165, 1.54) is 0 Å². The highest BCUT2D eigenvalue weighted by atomic mass is 127. The molecule has 0 saturated carbocycles. The number of aromatic nitrogens is 1. The summed E-state index contributed by atoms with van der Waals surface area (Å²) in [6.45, 7) is 5.88. The molecule has 1 heterocycles. The van der Waals surface area contributed by atoms with Gasteiger partial charge in [-0.3, -0.25) is 14.6 Å². The van der Waals surface area contributed by atoms with Gasteiger partial charge in [0.25, 0.3) is 0 Å². The van der Waals surface area contributed by atoms with Crippen molar-refractivity contribution < 1.29 is 9.53 Å². The normalized spacial score (nSPS) is 11.8. The number of halogens is 2. The number of benzene rings is 1. The molecule has 0 fully saturated rings. The van der Waals surface area contributed by atoms with Gasteiger partial charge in [-0.15, -0.1) is 0 Å². The molecule has 8 heteroatoms. The third-order valence-electron chi connectivity index (χ3n) is 3.19. The van der Waals surface area contributed by atoms with Crippen LogP contribution in [0.25, 0.3) is 5.57 Å². The second kappa shape index (κ2) is 12.8. The van der Waals surface area contributed by atoms with Crippen LogP contribution < -0.4 is 4.74 Å². The Morgan fingerprint density at radius 1 is 1.30 bits per heavy atom. The van der Waals surface area contributed by atoms with Crippen LogP contribution in [0.2, 0.25) is 0 Å². The summed E-state index contributed by atoms with van der Waals surface area (Å²) in [5.74, 6) is 1.37. The summed E-state index contributed by atoms with van der Waals surface area (Å²) >= 11 is 8.26. The number of pyridine rings is 1. The Morgan fingerprint density at radius 2 is 1.96 bits per heavy atom. The van der Waals surface area contributed by atoms with Crippen molar-refractivity contribution in [2.24, 2.45) is 5.10 Å². The van der Waals surface area contributed by atoms with Crippen molar-refractivity contribution in [2.45, 2.75) is 20.8 Å². The summed E-state index contributed by atoms with van der Waals surface area (Å²) < 4.78 is 7.59. The van der Waals surface area contributed by atoms with Gasteiger partial charge in [0.2, 0.25) is 0 Å². The maximum Gasteiger partial charge on any atom is 0.162 e. The van der Waals surface area contributed by atoms with Gasteiger partial charge in [0, 0.05) is 18.8 Å². The van der Waals surface area contributed by atoms with E-state index in [1.807, 2.05) is 64.2 Å². The lowest BCUT2D eigenvalue weighted by molar-refractivity contribution is -0.104. The number of aryl methyl sites for hydroxylation is 1. The molecule has 2 rings (SSSR count). The smallest absolute Gasteiger partial charge is 0.162 e. The number of rotatable bonds is 7. The predicted molar refractivity (Wildman–Crippen MR) is 124 cm³/mol. The van der Waals surface area contributed by atoms with Crippen molar-refractivity contribution in [1.29, 1.82) is 0 Å². The molecule has 2 aromatic rings. The Morgan fingerprint density at radius 3 is 2.52 bits per heavy atom. The molecule has 1 aromatic heterocycles. The molecule has 0 spiro atoms. The summed E-state index contributed by atoms with van der Waals surface area (Å²) in [7, 11) is 1.85. The fraction of sp³-hybridized carbons (Fsp3) is 0.211. The van der Waals surface area contributed by atoms with Crippen LogP contribution >= 0.6 is 40.0 Å². The Balaban J connectivity index is 0.00000176. The summed E-state index contributed by atoms with van der Waals surface area (Å²) in [4.78, 5) is 15.3. The van der Waals surface area contributed by atoms with E-state index in [0.29, 0.717) is 29.7 Å². The van der Waals surface area contributed by atoms with Gasteiger partial charge in [0.05, 0.1) is 23.3 Å². The predicted octanol–water partition coefficient (Wildman–Crippen LogP) is 6.22.